The fourth-order valence-electron chi connectivity index (χ4n) is 2.94. The van der Waals surface area contributed by atoms with Crippen molar-refractivity contribution in [1.29, 1.82) is 0 Å². The lowest BCUT2D eigenvalue weighted by atomic mass is 10.0. The summed E-state index contributed by atoms with van der Waals surface area (Å²) in [4.78, 5) is 16.9. The van der Waals surface area contributed by atoms with E-state index < -0.39 is 17.8 Å². The van der Waals surface area contributed by atoms with Gasteiger partial charge in [0.05, 0.1) is 11.4 Å². The molecule has 1 aliphatic carbocycles. The van der Waals surface area contributed by atoms with Crippen LogP contribution in [0.25, 0.3) is 16.9 Å². The molecule has 2 aromatic heterocycles. The third kappa shape index (κ3) is 4.28. The van der Waals surface area contributed by atoms with E-state index in [2.05, 4.69) is 15.4 Å². The largest absolute Gasteiger partial charge is 0.459 e. The third-order valence-electron chi connectivity index (χ3n) is 4.83. The number of benzene rings is 1. The summed E-state index contributed by atoms with van der Waals surface area (Å²) in [6.07, 6.45) is -1.41. The van der Waals surface area contributed by atoms with Gasteiger partial charge in [-0.15, -0.1) is 0 Å². The fourth-order valence-corrected chi connectivity index (χ4v) is 2.94. The normalized spacial score (nSPS) is 14.5. The highest BCUT2D eigenvalue weighted by molar-refractivity contribution is 5.96. The summed E-state index contributed by atoms with van der Waals surface area (Å²) in [7, 11) is 0. The summed E-state index contributed by atoms with van der Waals surface area (Å²) in [5.41, 5.74) is 0.881. The lowest BCUT2D eigenvalue weighted by Gasteiger charge is -2.17. The fraction of sp³-hybridized carbons (Fsp3) is 0.286. The Bertz CT molecular complexity index is 1120. The minimum absolute atomic E-state index is 0.0823. The average Bonchev–Trinajstić information content (AvgIpc) is 3.38. The molecule has 0 spiro atoms. The summed E-state index contributed by atoms with van der Waals surface area (Å²) in [6, 6.07) is 8.73. The molecule has 0 bridgehead atoms. The van der Waals surface area contributed by atoms with Crippen molar-refractivity contribution in [3.05, 3.63) is 65.6 Å². The quantitative estimate of drug-likeness (QED) is 0.585. The molecule has 162 valence electrons. The van der Waals surface area contributed by atoms with Gasteiger partial charge in [-0.1, -0.05) is 6.07 Å². The smallest absolute Gasteiger partial charge is 0.349 e. The molecule has 1 amide bonds. The third-order valence-corrected chi connectivity index (χ3v) is 4.83. The standard InChI is InChI=1S/C21H17F5N4O/c1-12-2-5-17(27-11-12)13-8-14(19(31)28-15-3-4-15)10-16(9-13)30-7-6-18(29-30)20(22,23)21(24,25)26/h2,5-11,15H,3-4H2,1H3,(H,28,31). The van der Waals surface area contributed by atoms with E-state index in [9.17, 15) is 26.7 Å². The van der Waals surface area contributed by atoms with Gasteiger partial charge in [-0.2, -0.15) is 27.1 Å². The average molecular weight is 436 g/mol. The van der Waals surface area contributed by atoms with Crippen molar-refractivity contribution in [2.45, 2.75) is 37.9 Å². The molecule has 3 aromatic rings. The first-order chi connectivity index (χ1) is 14.5. The van der Waals surface area contributed by atoms with Gasteiger partial charge in [0.15, 0.2) is 0 Å². The molecule has 1 saturated carbocycles. The van der Waals surface area contributed by atoms with E-state index in [1.807, 2.05) is 13.0 Å². The second-order valence-electron chi connectivity index (χ2n) is 7.45. The Kier molecular flexibility index (Phi) is 5.03. The van der Waals surface area contributed by atoms with Crippen LogP contribution in [0.3, 0.4) is 0 Å². The van der Waals surface area contributed by atoms with Gasteiger partial charge in [0.2, 0.25) is 0 Å². The maximum Gasteiger partial charge on any atom is 0.459 e. The number of aryl methyl sites for hydroxylation is 1. The molecule has 31 heavy (non-hydrogen) atoms. The van der Waals surface area contributed by atoms with Gasteiger partial charge in [-0.3, -0.25) is 9.78 Å². The van der Waals surface area contributed by atoms with E-state index in [0.29, 0.717) is 17.3 Å². The molecule has 10 heteroatoms. The number of nitrogens with zero attached hydrogens (tertiary/aromatic N) is 3. The summed E-state index contributed by atoms with van der Waals surface area (Å²) in [5.74, 6) is -5.47. The molecule has 5 nitrogen and oxygen atoms in total. The number of nitrogens with one attached hydrogen (secondary N) is 1. The van der Waals surface area contributed by atoms with Crippen molar-refractivity contribution in [2.75, 3.05) is 0 Å². The molecule has 2 heterocycles. The van der Waals surface area contributed by atoms with Crippen LogP contribution >= 0.6 is 0 Å². The minimum atomic E-state index is -5.77. The van der Waals surface area contributed by atoms with E-state index in [4.69, 9.17) is 0 Å². The highest BCUT2D eigenvalue weighted by Gasteiger charge is 2.60. The Labute approximate surface area is 173 Å². The number of halogens is 5. The zero-order valence-corrected chi connectivity index (χ0v) is 16.3. The number of pyridine rings is 1. The molecule has 1 aliphatic rings. The molecule has 1 fully saturated rings. The van der Waals surface area contributed by atoms with Crippen LogP contribution in [0.15, 0.2) is 48.8 Å². The van der Waals surface area contributed by atoms with Crippen molar-refractivity contribution in [2.24, 2.45) is 0 Å². The molecule has 0 unspecified atom stereocenters. The molecule has 4 rings (SSSR count). The number of carbonyl (C=O) groups excluding carboxylic acids is 1. The lowest BCUT2D eigenvalue weighted by molar-refractivity contribution is -0.291. The highest BCUT2D eigenvalue weighted by Crippen LogP contribution is 2.43. The molecule has 0 aliphatic heterocycles. The summed E-state index contributed by atoms with van der Waals surface area (Å²) in [5, 5.41) is 6.26. The van der Waals surface area contributed by atoms with E-state index in [1.54, 1.807) is 18.3 Å². The van der Waals surface area contributed by atoms with Gasteiger partial charge >= 0.3 is 12.1 Å². The molecule has 0 radical (unpaired) electrons. The summed E-state index contributed by atoms with van der Waals surface area (Å²) >= 11 is 0. The van der Waals surface area contributed by atoms with Crippen LogP contribution in [0.1, 0.15) is 34.5 Å². The van der Waals surface area contributed by atoms with Gasteiger partial charge in [0, 0.05) is 29.6 Å². The van der Waals surface area contributed by atoms with E-state index >= 15 is 0 Å². The number of hydrogen-bond donors (Lipinski definition) is 1. The van der Waals surface area contributed by atoms with Crippen LogP contribution in [0.5, 0.6) is 0 Å². The Morgan fingerprint density at radius 1 is 1.10 bits per heavy atom. The van der Waals surface area contributed by atoms with Crippen LogP contribution in [-0.2, 0) is 5.92 Å². The predicted octanol–water partition coefficient (Wildman–Crippen LogP) is 4.79. The highest BCUT2D eigenvalue weighted by atomic mass is 19.4. The Balaban J connectivity index is 1.77. The maximum absolute atomic E-state index is 13.7. The second kappa shape index (κ2) is 7.44. The minimum Gasteiger partial charge on any atom is -0.349 e. The number of amides is 1. The lowest BCUT2D eigenvalue weighted by Crippen LogP contribution is -2.34. The van der Waals surface area contributed by atoms with Crippen molar-refractivity contribution in [1.82, 2.24) is 20.1 Å². The number of hydrogen-bond acceptors (Lipinski definition) is 3. The van der Waals surface area contributed by atoms with Crippen LogP contribution < -0.4 is 5.32 Å². The molecular formula is C21H17F5N4O. The van der Waals surface area contributed by atoms with Crippen LogP contribution in [0.2, 0.25) is 0 Å². The summed E-state index contributed by atoms with van der Waals surface area (Å²) < 4.78 is 66.3. The molecule has 1 N–H and O–H groups in total. The van der Waals surface area contributed by atoms with Crippen molar-refractivity contribution >= 4 is 5.91 Å². The topological polar surface area (TPSA) is 59.8 Å². The van der Waals surface area contributed by atoms with Gasteiger partial charge in [0.25, 0.3) is 5.91 Å². The van der Waals surface area contributed by atoms with E-state index in [1.165, 1.54) is 12.1 Å². The molecule has 1 aromatic carbocycles. The number of alkyl halides is 5. The van der Waals surface area contributed by atoms with Crippen molar-refractivity contribution in [3.8, 4) is 16.9 Å². The van der Waals surface area contributed by atoms with Crippen LogP contribution in [0.4, 0.5) is 22.0 Å². The molecule has 0 atom stereocenters. The first-order valence-corrected chi connectivity index (χ1v) is 9.44. The first-order valence-electron chi connectivity index (χ1n) is 9.44. The molecular weight excluding hydrogens is 419 g/mol. The number of carbonyl (C=O) groups is 1. The van der Waals surface area contributed by atoms with E-state index in [-0.39, 0.29) is 23.2 Å². The van der Waals surface area contributed by atoms with Gasteiger partial charge in [-0.05, 0) is 55.7 Å². The van der Waals surface area contributed by atoms with Crippen LogP contribution in [0, 0.1) is 6.92 Å². The number of aromatic nitrogens is 3. The Morgan fingerprint density at radius 3 is 2.45 bits per heavy atom. The maximum atomic E-state index is 13.7. The SMILES string of the molecule is Cc1ccc(-c2cc(C(=O)NC3CC3)cc(-n3ccc(C(F)(F)C(F)(F)F)n3)c2)nc1. The van der Waals surface area contributed by atoms with Crippen molar-refractivity contribution < 1.29 is 26.7 Å². The Morgan fingerprint density at radius 2 is 1.84 bits per heavy atom. The Hall–Kier alpha value is -3.30. The van der Waals surface area contributed by atoms with Gasteiger partial charge in [-0.25, -0.2) is 4.68 Å². The second-order valence-corrected chi connectivity index (χ2v) is 7.45. The van der Waals surface area contributed by atoms with Gasteiger partial charge < -0.3 is 5.32 Å². The first kappa shape index (κ1) is 21.0. The van der Waals surface area contributed by atoms with Crippen LogP contribution in [-0.4, -0.2) is 32.9 Å². The zero-order valence-electron chi connectivity index (χ0n) is 16.3. The van der Waals surface area contributed by atoms with Gasteiger partial charge in [0.1, 0.15) is 5.69 Å². The predicted molar refractivity (Wildman–Crippen MR) is 102 cm³/mol. The van der Waals surface area contributed by atoms with E-state index in [0.717, 1.165) is 29.3 Å². The zero-order chi connectivity index (χ0) is 22.4. The number of rotatable bonds is 5. The molecule has 0 saturated heterocycles. The van der Waals surface area contributed by atoms with Crippen molar-refractivity contribution in [3.63, 3.8) is 0 Å². The summed E-state index contributed by atoms with van der Waals surface area (Å²) in [6.45, 7) is 1.85. The monoisotopic (exact) mass is 436 g/mol.